The normalized spacial score (nSPS) is 11.0. The van der Waals surface area contributed by atoms with E-state index in [2.05, 4.69) is 28.5 Å². The van der Waals surface area contributed by atoms with Crippen molar-refractivity contribution in [3.8, 4) is 16.9 Å². The van der Waals surface area contributed by atoms with E-state index in [1.54, 1.807) is 12.4 Å². The van der Waals surface area contributed by atoms with Gasteiger partial charge in [-0.1, -0.05) is 30.3 Å². The van der Waals surface area contributed by atoms with E-state index in [-0.39, 0.29) is 0 Å². The summed E-state index contributed by atoms with van der Waals surface area (Å²) >= 11 is 0. The number of hydrogen-bond donors (Lipinski definition) is 1. The van der Waals surface area contributed by atoms with Crippen molar-refractivity contribution in [2.24, 2.45) is 5.10 Å². The van der Waals surface area contributed by atoms with Crippen LogP contribution in [-0.4, -0.2) is 21.0 Å². The smallest absolute Gasteiger partial charge is 0.103 e. The van der Waals surface area contributed by atoms with Gasteiger partial charge in [-0.25, -0.2) is 4.68 Å². The molecule has 4 rings (SSSR count). The molecule has 27 heavy (non-hydrogen) atoms. The molecule has 0 amide bonds. The van der Waals surface area contributed by atoms with Crippen molar-refractivity contribution in [1.29, 1.82) is 0 Å². The summed E-state index contributed by atoms with van der Waals surface area (Å²) in [5.41, 5.74) is 8.90. The van der Waals surface area contributed by atoms with Crippen molar-refractivity contribution in [1.82, 2.24) is 14.8 Å². The molecule has 0 fully saturated rings. The summed E-state index contributed by atoms with van der Waals surface area (Å²) in [6, 6.07) is 22.0. The van der Waals surface area contributed by atoms with Crippen LogP contribution in [0.25, 0.3) is 16.9 Å². The topological polar surface area (TPSA) is 55.1 Å². The summed E-state index contributed by atoms with van der Waals surface area (Å²) in [6.45, 7) is 2.05. The van der Waals surface area contributed by atoms with Crippen LogP contribution in [0.4, 0.5) is 5.69 Å². The lowest BCUT2D eigenvalue weighted by Crippen LogP contribution is -1.94. The van der Waals surface area contributed by atoms with Gasteiger partial charge in [-0.3, -0.25) is 10.4 Å². The van der Waals surface area contributed by atoms with Crippen LogP contribution in [0, 0.1) is 6.92 Å². The minimum Gasteiger partial charge on any atom is -0.278 e. The Bertz CT molecular complexity index is 1050. The van der Waals surface area contributed by atoms with E-state index in [4.69, 9.17) is 5.10 Å². The van der Waals surface area contributed by atoms with Gasteiger partial charge in [0, 0.05) is 29.7 Å². The van der Waals surface area contributed by atoms with Gasteiger partial charge in [-0.2, -0.15) is 10.2 Å². The summed E-state index contributed by atoms with van der Waals surface area (Å²) in [4.78, 5) is 4.21. The molecule has 5 nitrogen and oxygen atoms in total. The lowest BCUT2D eigenvalue weighted by Gasteiger charge is -2.01. The highest BCUT2D eigenvalue weighted by atomic mass is 15.3. The molecular weight excluding hydrogens is 334 g/mol. The molecule has 0 saturated heterocycles. The minimum absolute atomic E-state index is 0.835. The third kappa shape index (κ3) is 3.93. The first-order valence-corrected chi connectivity index (χ1v) is 8.71. The van der Waals surface area contributed by atoms with Crippen LogP contribution in [0.3, 0.4) is 0 Å². The molecule has 0 saturated carbocycles. The second-order valence-electron chi connectivity index (χ2n) is 6.19. The van der Waals surface area contributed by atoms with Crippen molar-refractivity contribution >= 4 is 11.9 Å². The van der Waals surface area contributed by atoms with E-state index < -0.39 is 0 Å². The number of aromatic nitrogens is 3. The standard InChI is InChI=1S/C22H19N5/c1-17-7-5-9-20(13-17)25-24-15-19-16-27(21-10-3-2-4-11-21)26-22(19)18-8-6-12-23-14-18/h2-16,25H,1H3/b24-15-. The highest BCUT2D eigenvalue weighted by Gasteiger charge is 2.11. The lowest BCUT2D eigenvalue weighted by molar-refractivity contribution is 0.884. The number of aryl methyl sites for hydroxylation is 1. The van der Waals surface area contributed by atoms with Gasteiger partial charge in [-0.15, -0.1) is 0 Å². The van der Waals surface area contributed by atoms with E-state index >= 15 is 0 Å². The number of para-hydroxylation sites is 1. The monoisotopic (exact) mass is 353 g/mol. The molecule has 0 bridgehead atoms. The summed E-state index contributed by atoms with van der Waals surface area (Å²) in [5, 5.41) is 9.15. The van der Waals surface area contributed by atoms with Gasteiger partial charge >= 0.3 is 0 Å². The number of nitrogens with zero attached hydrogens (tertiary/aromatic N) is 4. The van der Waals surface area contributed by atoms with Gasteiger partial charge in [0.1, 0.15) is 5.69 Å². The van der Waals surface area contributed by atoms with Crippen molar-refractivity contribution in [2.75, 3.05) is 5.43 Å². The Hall–Kier alpha value is -3.73. The van der Waals surface area contributed by atoms with E-state index in [1.165, 1.54) is 5.56 Å². The summed E-state index contributed by atoms with van der Waals surface area (Å²) in [5.74, 6) is 0. The van der Waals surface area contributed by atoms with E-state index in [9.17, 15) is 0 Å². The van der Waals surface area contributed by atoms with Crippen LogP contribution in [0.1, 0.15) is 11.1 Å². The van der Waals surface area contributed by atoms with Gasteiger partial charge in [0.05, 0.1) is 17.6 Å². The maximum absolute atomic E-state index is 4.75. The Labute approximate surface area is 158 Å². The highest BCUT2D eigenvalue weighted by Crippen LogP contribution is 2.22. The fraction of sp³-hybridized carbons (Fsp3) is 0.0455. The zero-order valence-electron chi connectivity index (χ0n) is 14.9. The SMILES string of the molecule is Cc1cccc(N/N=C\c2cn(-c3ccccc3)nc2-c2cccnc2)c1. The average Bonchev–Trinajstić information content (AvgIpc) is 3.14. The molecule has 2 heterocycles. The van der Waals surface area contributed by atoms with Gasteiger partial charge in [0.2, 0.25) is 0 Å². The van der Waals surface area contributed by atoms with Crippen LogP contribution in [-0.2, 0) is 0 Å². The van der Waals surface area contributed by atoms with E-state index in [0.717, 1.165) is 28.2 Å². The Morgan fingerprint density at radius 2 is 1.89 bits per heavy atom. The van der Waals surface area contributed by atoms with Crippen molar-refractivity contribution in [2.45, 2.75) is 6.92 Å². The highest BCUT2D eigenvalue weighted by molar-refractivity contribution is 5.89. The summed E-state index contributed by atoms with van der Waals surface area (Å²) in [7, 11) is 0. The second-order valence-corrected chi connectivity index (χ2v) is 6.19. The molecule has 0 aliphatic rings. The van der Waals surface area contributed by atoms with Crippen LogP contribution in [0.2, 0.25) is 0 Å². The summed E-state index contributed by atoms with van der Waals surface area (Å²) in [6.07, 6.45) is 7.32. The largest absolute Gasteiger partial charge is 0.278 e. The van der Waals surface area contributed by atoms with E-state index in [1.807, 2.05) is 77.7 Å². The second kappa shape index (κ2) is 7.66. The maximum Gasteiger partial charge on any atom is 0.103 e. The van der Waals surface area contributed by atoms with Gasteiger partial charge < -0.3 is 0 Å². The maximum atomic E-state index is 4.75. The molecular formula is C22H19N5. The number of anilines is 1. The third-order valence-corrected chi connectivity index (χ3v) is 4.11. The zero-order chi connectivity index (χ0) is 18.5. The fourth-order valence-corrected chi connectivity index (χ4v) is 2.81. The molecule has 4 aromatic rings. The zero-order valence-corrected chi connectivity index (χ0v) is 14.9. The Kier molecular flexibility index (Phi) is 4.74. The number of benzene rings is 2. The van der Waals surface area contributed by atoms with Crippen molar-refractivity contribution < 1.29 is 0 Å². The first kappa shape index (κ1) is 16.7. The van der Waals surface area contributed by atoms with E-state index in [0.29, 0.717) is 0 Å². The number of rotatable bonds is 5. The predicted molar refractivity (Wildman–Crippen MR) is 109 cm³/mol. The minimum atomic E-state index is 0.835. The lowest BCUT2D eigenvalue weighted by atomic mass is 10.1. The van der Waals surface area contributed by atoms with Crippen LogP contribution >= 0.6 is 0 Å². The Morgan fingerprint density at radius 3 is 2.67 bits per heavy atom. The molecule has 0 radical (unpaired) electrons. The first-order chi connectivity index (χ1) is 13.3. The molecule has 0 unspecified atom stereocenters. The quantitative estimate of drug-likeness (QED) is 0.418. The molecule has 5 heteroatoms. The predicted octanol–water partition coefficient (Wildman–Crippen LogP) is 4.69. The van der Waals surface area contributed by atoms with Crippen LogP contribution < -0.4 is 5.43 Å². The molecule has 0 spiro atoms. The Balaban J connectivity index is 1.68. The molecule has 2 aromatic carbocycles. The molecule has 0 atom stereocenters. The molecule has 1 N–H and O–H groups in total. The number of hydrazone groups is 1. The number of pyridine rings is 1. The van der Waals surface area contributed by atoms with Crippen molar-refractivity contribution in [3.63, 3.8) is 0 Å². The Morgan fingerprint density at radius 1 is 1.00 bits per heavy atom. The molecule has 0 aliphatic heterocycles. The van der Waals surface area contributed by atoms with Crippen LogP contribution in [0.15, 0.2) is 90.4 Å². The van der Waals surface area contributed by atoms with Gasteiger partial charge in [0.25, 0.3) is 0 Å². The van der Waals surface area contributed by atoms with Gasteiger partial charge in [0.15, 0.2) is 0 Å². The van der Waals surface area contributed by atoms with Crippen molar-refractivity contribution in [3.05, 3.63) is 96.4 Å². The first-order valence-electron chi connectivity index (χ1n) is 8.71. The van der Waals surface area contributed by atoms with Gasteiger partial charge in [-0.05, 0) is 48.9 Å². The summed E-state index contributed by atoms with van der Waals surface area (Å²) < 4.78 is 1.86. The fourth-order valence-electron chi connectivity index (χ4n) is 2.81. The molecule has 0 aliphatic carbocycles. The molecule has 2 aromatic heterocycles. The number of hydrogen-bond acceptors (Lipinski definition) is 4. The van der Waals surface area contributed by atoms with Crippen LogP contribution in [0.5, 0.6) is 0 Å². The number of nitrogens with one attached hydrogen (secondary N) is 1. The average molecular weight is 353 g/mol. The molecule has 132 valence electrons. The third-order valence-electron chi connectivity index (χ3n) is 4.11.